The molecule has 0 saturated carbocycles. The summed E-state index contributed by atoms with van der Waals surface area (Å²) < 4.78 is 13.7. The summed E-state index contributed by atoms with van der Waals surface area (Å²) >= 11 is 7.40. The Labute approximate surface area is 109 Å². The molecule has 0 bridgehead atoms. The minimum atomic E-state index is -0.351. The topological polar surface area (TPSA) is 26.0 Å². The van der Waals surface area contributed by atoms with Gasteiger partial charge in [-0.1, -0.05) is 29.8 Å². The number of halogens is 2. The van der Waals surface area contributed by atoms with E-state index >= 15 is 0 Å². The van der Waals surface area contributed by atoms with Crippen molar-refractivity contribution in [1.29, 1.82) is 0 Å². The number of rotatable bonds is 4. The molecule has 1 nitrogen and oxygen atoms in total. The predicted molar refractivity (Wildman–Crippen MR) is 71.1 cm³/mol. The van der Waals surface area contributed by atoms with Gasteiger partial charge in [-0.25, -0.2) is 4.39 Å². The largest absolute Gasteiger partial charge is 0.327 e. The van der Waals surface area contributed by atoms with E-state index in [-0.39, 0.29) is 16.9 Å². The molecule has 1 unspecified atom stereocenters. The summed E-state index contributed by atoms with van der Waals surface area (Å²) in [4.78, 5) is 1.22. The van der Waals surface area contributed by atoms with Crippen molar-refractivity contribution in [3.05, 3.63) is 57.0 Å². The van der Waals surface area contributed by atoms with Crippen molar-refractivity contribution in [2.45, 2.75) is 18.9 Å². The summed E-state index contributed by atoms with van der Waals surface area (Å²) in [6.45, 7) is 0. The maximum atomic E-state index is 13.7. The maximum absolute atomic E-state index is 13.7. The van der Waals surface area contributed by atoms with Crippen LogP contribution in [-0.2, 0) is 12.8 Å². The number of thiophene rings is 1. The van der Waals surface area contributed by atoms with Crippen LogP contribution in [0, 0.1) is 5.82 Å². The molecule has 0 aliphatic carbocycles. The lowest BCUT2D eigenvalue weighted by Crippen LogP contribution is -2.25. The van der Waals surface area contributed by atoms with Gasteiger partial charge in [-0.2, -0.15) is 0 Å². The van der Waals surface area contributed by atoms with Crippen molar-refractivity contribution in [2.24, 2.45) is 5.73 Å². The Morgan fingerprint density at radius 3 is 2.76 bits per heavy atom. The molecule has 1 heterocycles. The van der Waals surface area contributed by atoms with Crippen LogP contribution in [0.4, 0.5) is 4.39 Å². The first kappa shape index (κ1) is 12.6. The fraction of sp³-hybridized carbons (Fsp3) is 0.231. The molecule has 2 aromatic rings. The quantitative estimate of drug-likeness (QED) is 0.901. The van der Waals surface area contributed by atoms with Gasteiger partial charge in [-0.15, -0.1) is 11.3 Å². The number of hydrogen-bond donors (Lipinski definition) is 1. The van der Waals surface area contributed by atoms with E-state index in [1.165, 1.54) is 4.88 Å². The van der Waals surface area contributed by atoms with Crippen LogP contribution < -0.4 is 5.73 Å². The molecule has 4 heteroatoms. The van der Waals surface area contributed by atoms with E-state index in [1.807, 2.05) is 17.5 Å². The van der Waals surface area contributed by atoms with Crippen LogP contribution in [0.25, 0.3) is 0 Å². The first-order valence-corrected chi connectivity index (χ1v) is 6.63. The molecule has 0 fully saturated rings. The first-order chi connectivity index (χ1) is 8.16. The van der Waals surface area contributed by atoms with Gasteiger partial charge in [0.1, 0.15) is 5.82 Å². The average molecular weight is 270 g/mol. The lowest BCUT2D eigenvalue weighted by atomic mass is 10.0. The Balaban J connectivity index is 2.03. The van der Waals surface area contributed by atoms with Crippen LogP contribution in [-0.4, -0.2) is 6.04 Å². The molecule has 0 radical (unpaired) electrons. The Morgan fingerprint density at radius 2 is 2.06 bits per heavy atom. The van der Waals surface area contributed by atoms with Gasteiger partial charge in [0.25, 0.3) is 0 Å². The van der Waals surface area contributed by atoms with E-state index in [1.54, 1.807) is 29.5 Å². The Bertz CT molecular complexity index is 484. The second-order valence-corrected chi connectivity index (χ2v) is 5.40. The standard InChI is InChI=1S/C13H13ClFNS/c14-12-5-1-3-9(13(12)15)7-10(16)8-11-4-2-6-17-11/h1-6,10H,7-8,16H2. The molecule has 1 aromatic heterocycles. The molecule has 0 aliphatic rings. The van der Waals surface area contributed by atoms with Crippen LogP contribution in [0.1, 0.15) is 10.4 Å². The summed E-state index contributed by atoms with van der Waals surface area (Å²) in [6, 6.07) is 8.98. The second-order valence-electron chi connectivity index (χ2n) is 3.96. The van der Waals surface area contributed by atoms with Gasteiger partial charge < -0.3 is 5.73 Å². The molecular formula is C13H13ClFNS. The Morgan fingerprint density at radius 1 is 1.24 bits per heavy atom. The van der Waals surface area contributed by atoms with Gasteiger partial charge >= 0.3 is 0 Å². The normalized spacial score (nSPS) is 12.6. The van der Waals surface area contributed by atoms with Gasteiger partial charge in [0.2, 0.25) is 0 Å². The molecule has 1 aromatic carbocycles. The lowest BCUT2D eigenvalue weighted by molar-refractivity contribution is 0.585. The van der Waals surface area contributed by atoms with E-state index < -0.39 is 0 Å². The molecule has 90 valence electrons. The van der Waals surface area contributed by atoms with Crippen molar-refractivity contribution in [3.63, 3.8) is 0 Å². The summed E-state index contributed by atoms with van der Waals surface area (Å²) in [5.41, 5.74) is 6.60. The monoisotopic (exact) mass is 269 g/mol. The van der Waals surface area contributed by atoms with E-state index in [2.05, 4.69) is 0 Å². The molecule has 2 N–H and O–H groups in total. The molecule has 0 aliphatic heterocycles. The molecule has 0 saturated heterocycles. The minimum absolute atomic E-state index is 0.0818. The van der Waals surface area contributed by atoms with E-state index in [0.717, 1.165) is 6.42 Å². The summed E-state index contributed by atoms with van der Waals surface area (Å²) in [5, 5.41) is 2.17. The van der Waals surface area contributed by atoms with Crippen molar-refractivity contribution < 1.29 is 4.39 Å². The zero-order chi connectivity index (χ0) is 12.3. The third-order valence-corrected chi connectivity index (χ3v) is 3.75. The van der Waals surface area contributed by atoms with Crippen LogP contribution in [0.2, 0.25) is 5.02 Å². The Hall–Kier alpha value is -0.900. The fourth-order valence-corrected chi connectivity index (χ4v) is 2.74. The predicted octanol–water partition coefficient (Wildman–Crippen LogP) is 3.65. The van der Waals surface area contributed by atoms with Crippen molar-refractivity contribution >= 4 is 22.9 Å². The zero-order valence-corrected chi connectivity index (χ0v) is 10.8. The number of benzene rings is 1. The van der Waals surface area contributed by atoms with Crippen molar-refractivity contribution in [3.8, 4) is 0 Å². The van der Waals surface area contributed by atoms with Crippen molar-refractivity contribution in [1.82, 2.24) is 0 Å². The Kier molecular flexibility index (Phi) is 4.15. The first-order valence-electron chi connectivity index (χ1n) is 5.37. The summed E-state index contributed by atoms with van der Waals surface area (Å²) in [7, 11) is 0. The van der Waals surface area contributed by atoms with Gasteiger partial charge in [-0.05, 0) is 35.9 Å². The van der Waals surface area contributed by atoms with Gasteiger partial charge in [0.05, 0.1) is 5.02 Å². The van der Waals surface area contributed by atoms with E-state index in [4.69, 9.17) is 17.3 Å². The molecule has 17 heavy (non-hydrogen) atoms. The second kappa shape index (κ2) is 5.63. The molecule has 2 rings (SSSR count). The third kappa shape index (κ3) is 3.28. The van der Waals surface area contributed by atoms with Gasteiger partial charge in [0, 0.05) is 10.9 Å². The molecule has 0 amide bonds. The summed E-state index contributed by atoms with van der Waals surface area (Å²) in [5.74, 6) is -0.351. The SMILES string of the molecule is NC(Cc1cccs1)Cc1cccc(Cl)c1F. The van der Waals surface area contributed by atoms with Gasteiger partial charge in [0.15, 0.2) is 0 Å². The maximum Gasteiger partial charge on any atom is 0.145 e. The number of hydrogen-bond acceptors (Lipinski definition) is 2. The third-order valence-electron chi connectivity index (χ3n) is 2.56. The van der Waals surface area contributed by atoms with Crippen LogP contribution >= 0.6 is 22.9 Å². The highest BCUT2D eigenvalue weighted by molar-refractivity contribution is 7.09. The minimum Gasteiger partial charge on any atom is -0.327 e. The van der Waals surface area contributed by atoms with Crippen molar-refractivity contribution in [2.75, 3.05) is 0 Å². The number of nitrogens with two attached hydrogens (primary N) is 1. The zero-order valence-electron chi connectivity index (χ0n) is 9.20. The van der Waals surface area contributed by atoms with Crippen LogP contribution in [0.5, 0.6) is 0 Å². The molecule has 1 atom stereocenters. The van der Waals surface area contributed by atoms with E-state index in [9.17, 15) is 4.39 Å². The average Bonchev–Trinajstić information content (AvgIpc) is 2.77. The molecular weight excluding hydrogens is 257 g/mol. The highest BCUT2D eigenvalue weighted by atomic mass is 35.5. The lowest BCUT2D eigenvalue weighted by Gasteiger charge is -2.11. The highest BCUT2D eigenvalue weighted by Crippen LogP contribution is 2.20. The fourth-order valence-electron chi connectivity index (χ4n) is 1.75. The summed E-state index contributed by atoms with van der Waals surface area (Å²) in [6.07, 6.45) is 1.27. The molecule has 0 spiro atoms. The van der Waals surface area contributed by atoms with Gasteiger partial charge in [-0.3, -0.25) is 0 Å². The van der Waals surface area contributed by atoms with Crippen LogP contribution in [0.15, 0.2) is 35.7 Å². The highest BCUT2D eigenvalue weighted by Gasteiger charge is 2.11. The smallest absolute Gasteiger partial charge is 0.145 e. The van der Waals surface area contributed by atoms with Crippen LogP contribution in [0.3, 0.4) is 0 Å². The van der Waals surface area contributed by atoms with E-state index in [0.29, 0.717) is 12.0 Å².